The number of hydrogen-bond acceptors (Lipinski definition) is 3. The summed E-state index contributed by atoms with van der Waals surface area (Å²) in [7, 11) is 1.65. The van der Waals surface area contributed by atoms with Crippen molar-refractivity contribution in [2.24, 2.45) is 0 Å². The average Bonchev–Trinajstić information content (AvgIpc) is 2.36. The number of non-ortho nitro benzene ring substituents is 1. The number of carbonyl (C=O) groups is 1. The molecule has 0 aliphatic rings. The van der Waals surface area contributed by atoms with E-state index in [9.17, 15) is 14.9 Å². The summed E-state index contributed by atoms with van der Waals surface area (Å²) in [4.78, 5) is 23.4. The van der Waals surface area contributed by atoms with E-state index in [2.05, 4.69) is 0 Å². The maximum Gasteiger partial charge on any atom is 0.269 e. The van der Waals surface area contributed by atoms with Gasteiger partial charge < -0.3 is 4.90 Å². The standard InChI is InChI=1S/C11H13ClN2O3/c1-8(7-12)13(2)11(15)9-3-5-10(6-4-9)14(16)17/h3-6,8H,7H2,1-2H3. The minimum Gasteiger partial charge on any atom is -0.338 e. The molecule has 0 N–H and O–H groups in total. The zero-order valence-electron chi connectivity index (χ0n) is 9.59. The van der Waals surface area contributed by atoms with Gasteiger partial charge in [-0.2, -0.15) is 0 Å². The fourth-order valence-electron chi connectivity index (χ4n) is 1.23. The molecule has 0 saturated heterocycles. The van der Waals surface area contributed by atoms with E-state index in [4.69, 9.17) is 11.6 Å². The van der Waals surface area contributed by atoms with Crippen LogP contribution in [0, 0.1) is 10.1 Å². The molecule has 1 atom stereocenters. The topological polar surface area (TPSA) is 63.5 Å². The SMILES string of the molecule is CC(CCl)N(C)C(=O)c1ccc([N+](=O)[O-])cc1. The van der Waals surface area contributed by atoms with Crippen molar-refractivity contribution in [3.05, 3.63) is 39.9 Å². The number of nitro groups is 1. The van der Waals surface area contributed by atoms with E-state index in [1.165, 1.54) is 29.2 Å². The molecule has 92 valence electrons. The predicted molar refractivity (Wildman–Crippen MR) is 65.4 cm³/mol. The van der Waals surface area contributed by atoms with Gasteiger partial charge in [-0.3, -0.25) is 14.9 Å². The van der Waals surface area contributed by atoms with Crippen LogP contribution in [0.25, 0.3) is 0 Å². The molecule has 5 nitrogen and oxygen atoms in total. The van der Waals surface area contributed by atoms with Crippen LogP contribution < -0.4 is 0 Å². The number of benzene rings is 1. The Morgan fingerprint density at radius 2 is 2.00 bits per heavy atom. The van der Waals surface area contributed by atoms with Crippen molar-refractivity contribution >= 4 is 23.2 Å². The second-order valence-electron chi connectivity index (χ2n) is 3.72. The van der Waals surface area contributed by atoms with Crippen molar-refractivity contribution < 1.29 is 9.72 Å². The summed E-state index contributed by atoms with van der Waals surface area (Å²) in [6.07, 6.45) is 0. The highest BCUT2D eigenvalue weighted by molar-refractivity contribution is 6.18. The molecule has 0 heterocycles. The summed E-state index contributed by atoms with van der Waals surface area (Å²) in [5, 5.41) is 10.5. The zero-order valence-corrected chi connectivity index (χ0v) is 10.3. The minimum absolute atomic E-state index is 0.0328. The van der Waals surface area contributed by atoms with Gasteiger partial charge in [-0.25, -0.2) is 0 Å². The summed E-state index contributed by atoms with van der Waals surface area (Å²) < 4.78 is 0. The first-order chi connectivity index (χ1) is 7.97. The maximum absolute atomic E-state index is 11.9. The van der Waals surface area contributed by atoms with Gasteiger partial charge in [0.1, 0.15) is 0 Å². The summed E-state index contributed by atoms with van der Waals surface area (Å²) in [5.41, 5.74) is 0.379. The van der Waals surface area contributed by atoms with Gasteiger partial charge in [0.2, 0.25) is 0 Å². The second-order valence-corrected chi connectivity index (χ2v) is 4.03. The Morgan fingerprint density at radius 3 is 2.41 bits per heavy atom. The molecule has 6 heteroatoms. The summed E-state index contributed by atoms with van der Waals surface area (Å²) in [6, 6.07) is 5.42. The van der Waals surface area contributed by atoms with Gasteiger partial charge in [-0.05, 0) is 19.1 Å². The van der Waals surface area contributed by atoms with E-state index < -0.39 is 4.92 Å². The molecule has 1 aromatic carbocycles. The van der Waals surface area contributed by atoms with Gasteiger partial charge in [0, 0.05) is 36.7 Å². The highest BCUT2D eigenvalue weighted by Gasteiger charge is 2.17. The minimum atomic E-state index is -0.501. The highest BCUT2D eigenvalue weighted by Crippen LogP contribution is 2.14. The van der Waals surface area contributed by atoms with Crippen molar-refractivity contribution in [2.45, 2.75) is 13.0 Å². The van der Waals surface area contributed by atoms with Crippen LogP contribution in [0.2, 0.25) is 0 Å². The Balaban J connectivity index is 2.86. The fourth-order valence-corrected chi connectivity index (χ4v) is 1.44. The highest BCUT2D eigenvalue weighted by atomic mass is 35.5. The van der Waals surface area contributed by atoms with E-state index in [1.54, 1.807) is 7.05 Å². The van der Waals surface area contributed by atoms with Crippen LogP contribution in [0.15, 0.2) is 24.3 Å². The number of carbonyl (C=O) groups excluding carboxylic acids is 1. The largest absolute Gasteiger partial charge is 0.338 e. The Hall–Kier alpha value is -1.62. The van der Waals surface area contributed by atoms with Crippen molar-refractivity contribution in [1.82, 2.24) is 4.90 Å². The molecule has 0 fully saturated rings. The van der Waals surface area contributed by atoms with Crippen molar-refractivity contribution in [3.8, 4) is 0 Å². The molecule has 0 aromatic heterocycles. The van der Waals surface area contributed by atoms with Crippen molar-refractivity contribution in [3.63, 3.8) is 0 Å². The van der Waals surface area contributed by atoms with Gasteiger partial charge in [-0.1, -0.05) is 0 Å². The number of rotatable bonds is 4. The monoisotopic (exact) mass is 256 g/mol. The lowest BCUT2D eigenvalue weighted by atomic mass is 10.1. The average molecular weight is 257 g/mol. The molecule has 0 radical (unpaired) electrons. The number of hydrogen-bond donors (Lipinski definition) is 0. The quantitative estimate of drug-likeness (QED) is 0.472. The van der Waals surface area contributed by atoms with Crippen molar-refractivity contribution in [2.75, 3.05) is 12.9 Å². The molecule has 0 aliphatic heterocycles. The molecular weight excluding hydrogens is 244 g/mol. The summed E-state index contributed by atoms with van der Waals surface area (Å²) in [5.74, 6) is 0.142. The molecule has 1 unspecified atom stereocenters. The first-order valence-corrected chi connectivity index (χ1v) is 5.58. The molecule has 1 aromatic rings. The molecule has 0 bridgehead atoms. The Bertz CT molecular complexity index is 419. The van der Waals surface area contributed by atoms with Gasteiger partial charge in [0.15, 0.2) is 0 Å². The third-order valence-corrected chi connectivity index (χ3v) is 2.98. The lowest BCUT2D eigenvalue weighted by molar-refractivity contribution is -0.384. The van der Waals surface area contributed by atoms with Crippen LogP contribution in [-0.2, 0) is 0 Å². The lowest BCUT2D eigenvalue weighted by Crippen LogP contribution is -2.36. The number of amides is 1. The molecule has 0 spiro atoms. The molecule has 0 aliphatic carbocycles. The van der Waals surface area contributed by atoms with E-state index in [-0.39, 0.29) is 17.6 Å². The van der Waals surface area contributed by atoms with Gasteiger partial charge in [-0.15, -0.1) is 11.6 Å². The number of nitrogens with zero attached hydrogens (tertiary/aromatic N) is 2. The Morgan fingerprint density at radius 1 is 1.47 bits per heavy atom. The van der Waals surface area contributed by atoms with Gasteiger partial charge in [0.25, 0.3) is 11.6 Å². The fraction of sp³-hybridized carbons (Fsp3) is 0.364. The number of nitro benzene ring substituents is 1. The molecule has 1 rings (SSSR count). The van der Waals surface area contributed by atoms with Gasteiger partial charge >= 0.3 is 0 Å². The van der Waals surface area contributed by atoms with Crippen LogP contribution in [0.3, 0.4) is 0 Å². The smallest absolute Gasteiger partial charge is 0.269 e. The van der Waals surface area contributed by atoms with E-state index in [0.717, 1.165) is 0 Å². The van der Waals surface area contributed by atoms with Crippen LogP contribution >= 0.6 is 11.6 Å². The zero-order chi connectivity index (χ0) is 13.0. The van der Waals surface area contributed by atoms with E-state index in [1.807, 2.05) is 6.92 Å². The van der Waals surface area contributed by atoms with Crippen LogP contribution in [0.4, 0.5) is 5.69 Å². The second kappa shape index (κ2) is 5.63. The molecule has 17 heavy (non-hydrogen) atoms. The first-order valence-electron chi connectivity index (χ1n) is 5.05. The maximum atomic E-state index is 11.9. The Labute approximate surface area is 104 Å². The van der Waals surface area contributed by atoms with Gasteiger partial charge in [0.05, 0.1) is 4.92 Å². The predicted octanol–water partition coefficient (Wildman–Crippen LogP) is 2.29. The molecule has 1 amide bonds. The van der Waals surface area contributed by atoms with Crippen LogP contribution in [-0.4, -0.2) is 34.7 Å². The first kappa shape index (κ1) is 13.4. The molecular formula is C11H13ClN2O3. The summed E-state index contributed by atoms with van der Waals surface area (Å²) in [6.45, 7) is 1.83. The van der Waals surface area contributed by atoms with Crippen molar-refractivity contribution in [1.29, 1.82) is 0 Å². The Kier molecular flexibility index (Phi) is 4.45. The van der Waals surface area contributed by atoms with E-state index in [0.29, 0.717) is 11.4 Å². The number of alkyl halides is 1. The lowest BCUT2D eigenvalue weighted by Gasteiger charge is -2.22. The van der Waals surface area contributed by atoms with Crippen LogP contribution in [0.5, 0.6) is 0 Å². The number of halogens is 1. The third kappa shape index (κ3) is 3.17. The summed E-state index contributed by atoms with van der Waals surface area (Å²) >= 11 is 5.66. The third-order valence-electron chi connectivity index (χ3n) is 2.53. The normalized spacial score (nSPS) is 11.9. The van der Waals surface area contributed by atoms with E-state index >= 15 is 0 Å². The molecule has 0 saturated carbocycles. The van der Waals surface area contributed by atoms with Crippen LogP contribution in [0.1, 0.15) is 17.3 Å².